The van der Waals surface area contributed by atoms with E-state index in [-0.39, 0.29) is 23.0 Å². The summed E-state index contributed by atoms with van der Waals surface area (Å²) in [6, 6.07) is 11.8. The SMILES string of the molecule is CCCC(=O)Nc1ccc(Cl)c(NC(=S)NC(=O)c2ccc(O[C@@H](C)CC)cc2)c1. The van der Waals surface area contributed by atoms with E-state index in [1.165, 1.54) is 0 Å². The Morgan fingerprint density at radius 3 is 2.43 bits per heavy atom. The number of amides is 2. The molecule has 30 heavy (non-hydrogen) atoms. The normalized spacial score (nSPS) is 11.3. The number of ether oxygens (including phenoxy) is 1. The number of carbonyl (C=O) groups excluding carboxylic acids is 2. The number of thiocarbonyl (C=S) groups is 1. The number of carbonyl (C=O) groups is 2. The summed E-state index contributed by atoms with van der Waals surface area (Å²) in [5.74, 6) is 0.267. The van der Waals surface area contributed by atoms with E-state index in [0.29, 0.717) is 34.1 Å². The predicted molar refractivity (Wildman–Crippen MR) is 125 cm³/mol. The number of hydrogen-bond donors (Lipinski definition) is 3. The lowest BCUT2D eigenvalue weighted by Crippen LogP contribution is -2.34. The molecule has 1 atom stereocenters. The van der Waals surface area contributed by atoms with Crippen molar-refractivity contribution in [2.45, 2.75) is 46.1 Å². The lowest BCUT2D eigenvalue weighted by atomic mass is 10.2. The third-order valence-corrected chi connectivity index (χ3v) is 4.76. The highest BCUT2D eigenvalue weighted by atomic mass is 35.5. The quantitative estimate of drug-likeness (QED) is 0.473. The van der Waals surface area contributed by atoms with Gasteiger partial charge < -0.3 is 15.4 Å². The molecule has 0 aliphatic heterocycles. The molecule has 0 spiro atoms. The molecular weight excluding hydrogens is 422 g/mol. The molecule has 3 N–H and O–H groups in total. The van der Waals surface area contributed by atoms with E-state index in [1.54, 1.807) is 42.5 Å². The average Bonchev–Trinajstić information content (AvgIpc) is 2.71. The Bertz CT molecular complexity index is 903. The van der Waals surface area contributed by atoms with Crippen LogP contribution in [-0.4, -0.2) is 23.0 Å². The Labute approximate surface area is 187 Å². The van der Waals surface area contributed by atoms with Gasteiger partial charge in [-0.05, 0) is 74.4 Å². The van der Waals surface area contributed by atoms with Gasteiger partial charge in [-0.15, -0.1) is 0 Å². The van der Waals surface area contributed by atoms with Crippen molar-refractivity contribution in [2.24, 2.45) is 0 Å². The van der Waals surface area contributed by atoms with Gasteiger partial charge in [0.2, 0.25) is 5.91 Å². The first-order chi connectivity index (χ1) is 14.3. The maximum absolute atomic E-state index is 12.4. The molecule has 0 saturated heterocycles. The maximum Gasteiger partial charge on any atom is 0.257 e. The fourth-order valence-corrected chi connectivity index (χ4v) is 2.85. The largest absolute Gasteiger partial charge is 0.491 e. The van der Waals surface area contributed by atoms with Gasteiger partial charge in [0, 0.05) is 17.7 Å². The second-order valence-electron chi connectivity index (χ2n) is 6.76. The predicted octanol–water partition coefficient (Wildman–Crippen LogP) is 5.38. The first kappa shape index (κ1) is 23.6. The molecule has 2 aromatic rings. The van der Waals surface area contributed by atoms with E-state index in [9.17, 15) is 9.59 Å². The molecule has 2 amide bonds. The molecule has 2 aromatic carbocycles. The van der Waals surface area contributed by atoms with Crippen LogP contribution in [0.1, 0.15) is 50.4 Å². The van der Waals surface area contributed by atoms with Crippen molar-refractivity contribution in [1.82, 2.24) is 5.32 Å². The highest BCUT2D eigenvalue weighted by Gasteiger charge is 2.11. The van der Waals surface area contributed by atoms with Crippen LogP contribution in [0.15, 0.2) is 42.5 Å². The molecule has 0 aliphatic carbocycles. The topological polar surface area (TPSA) is 79.5 Å². The molecule has 160 valence electrons. The number of rotatable bonds is 8. The van der Waals surface area contributed by atoms with E-state index in [2.05, 4.69) is 16.0 Å². The van der Waals surface area contributed by atoms with Crippen LogP contribution in [-0.2, 0) is 4.79 Å². The molecule has 0 heterocycles. The number of hydrogen-bond acceptors (Lipinski definition) is 4. The summed E-state index contributed by atoms with van der Waals surface area (Å²) in [7, 11) is 0. The van der Waals surface area contributed by atoms with Gasteiger partial charge in [0.1, 0.15) is 5.75 Å². The lowest BCUT2D eigenvalue weighted by Gasteiger charge is -2.14. The molecular formula is C22H26ClN3O3S. The van der Waals surface area contributed by atoms with E-state index in [4.69, 9.17) is 28.6 Å². The first-order valence-electron chi connectivity index (χ1n) is 9.80. The van der Waals surface area contributed by atoms with Crippen molar-refractivity contribution >= 4 is 52.1 Å². The summed E-state index contributed by atoms with van der Waals surface area (Å²) < 4.78 is 5.71. The van der Waals surface area contributed by atoms with E-state index >= 15 is 0 Å². The molecule has 2 rings (SSSR count). The van der Waals surface area contributed by atoms with Gasteiger partial charge in [0.05, 0.1) is 16.8 Å². The molecule has 0 radical (unpaired) electrons. The minimum atomic E-state index is -0.355. The van der Waals surface area contributed by atoms with Crippen LogP contribution in [0.4, 0.5) is 11.4 Å². The van der Waals surface area contributed by atoms with Gasteiger partial charge in [-0.2, -0.15) is 0 Å². The summed E-state index contributed by atoms with van der Waals surface area (Å²) in [5, 5.41) is 8.81. The van der Waals surface area contributed by atoms with Crippen molar-refractivity contribution in [3.63, 3.8) is 0 Å². The highest BCUT2D eigenvalue weighted by molar-refractivity contribution is 7.80. The van der Waals surface area contributed by atoms with Crippen molar-refractivity contribution in [3.8, 4) is 5.75 Å². The fourth-order valence-electron chi connectivity index (χ4n) is 2.48. The molecule has 0 saturated carbocycles. The summed E-state index contributed by atoms with van der Waals surface area (Å²) >= 11 is 11.4. The first-order valence-corrected chi connectivity index (χ1v) is 10.6. The fraction of sp³-hybridized carbons (Fsp3) is 0.318. The third-order valence-electron chi connectivity index (χ3n) is 4.23. The second kappa shape index (κ2) is 11.5. The molecule has 0 aliphatic rings. The number of nitrogens with one attached hydrogen (secondary N) is 3. The van der Waals surface area contributed by atoms with E-state index in [0.717, 1.165) is 12.8 Å². The summed E-state index contributed by atoms with van der Waals surface area (Å²) in [6.07, 6.45) is 2.19. The van der Waals surface area contributed by atoms with Gasteiger partial charge >= 0.3 is 0 Å². The Balaban J connectivity index is 1.98. The summed E-state index contributed by atoms with van der Waals surface area (Å²) in [4.78, 5) is 24.2. The van der Waals surface area contributed by atoms with Gasteiger partial charge in [0.25, 0.3) is 5.91 Å². The Morgan fingerprint density at radius 2 is 1.80 bits per heavy atom. The Kier molecular flexibility index (Phi) is 9.08. The molecule has 8 heteroatoms. The summed E-state index contributed by atoms with van der Waals surface area (Å²) in [5.41, 5.74) is 1.52. The molecule has 0 fully saturated rings. The van der Waals surface area contributed by atoms with E-state index in [1.807, 2.05) is 20.8 Å². The van der Waals surface area contributed by atoms with Crippen LogP contribution in [0.2, 0.25) is 5.02 Å². The average molecular weight is 448 g/mol. The molecule has 0 aromatic heterocycles. The van der Waals surface area contributed by atoms with Crippen LogP contribution in [0.3, 0.4) is 0 Å². The van der Waals surface area contributed by atoms with Crippen LogP contribution >= 0.6 is 23.8 Å². The number of anilines is 2. The smallest absolute Gasteiger partial charge is 0.257 e. The van der Waals surface area contributed by atoms with Gasteiger partial charge in [0.15, 0.2) is 5.11 Å². The van der Waals surface area contributed by atoms with Crippen LogP contribution < -0.4 is 20.7 Å². The van der Waals surface area contributed by atoms with Gasteiger partial charge in [-0.1, -0.05) is 25.4 Å². The van der Waals surface area contributed by atoms with Crippen LogP contribution in [0.25, 0.3) is 0 Å². The third kappa shape index (κ3) is 7.31. The van der Waals surface area contributed by atoms with E-state index < -0.39 is 0 Å². The van der Waals surface area contributed by atoms with Crippen molar-refractivity contribution in [2.75, 3.05) is 10.6 Å². The zero-order valence-electron chi connectivity index (χ0n) is 17.3. The van der Waals surface area contributed by atoms with Crippen molar-refractivity contribution < 1.29 is 14.3 Å². The zero-order valence-corrected chi connectivity index (χ0v) is 18.8. The Morgan fingerprint density at radius 1 is 1.10 bits per heavy atom. The second-order valence-corrected chi connectivity index (χ2v) is 7.58. The number of halogens is 1. The number of benzene rings is 2. The van der Waals surface area contributed by atoms with Crippen molar-refractivity contribution in [1.29, 1.82) is 0 Å². The zero-order chi connectivity index (χ0) is 22.1. The Hall–Kier alpha value is -2.64. The van der Waals surface area contributed by atoms with Gasteiger partial charge in [-0.25, -0.2) is 0 Å². The van der Waals surface area contributed by atoms with Crippen LogP contribution in [0.5, 0.6) is 5.75 Å². The van der Waals surface area contributed by atoms with Crippen molar-refractivity contribution in [3.05, 3.63) is 53.1 Å². The summed E-state index contributed by atoms with van der Waals surface area (Å²) in [6.45, 7) is 5.96. The maximum atomic E-state index is 12.4. The minimum absolute atomic E-state index is 0.0811. The van der Waals surface area contributed by atoms with Crippen LogP contribution in [0, 0.1) is 0 Å². The molecule has 6 nitrogen and oxygen atoms in total. The monoisotopic (exact) mass is 447 g/mol. The standard InChI is InChI=1S/C22H26ClN3O3S/c1-4-6-20(27)24-16-9-12-18(23)19(13-16)25-22(30)26-21(28)15-7-10-17(11-8-15)29-14(3)5-2/h7-14H,4-6H2,1-3H3,(H,24,27)(H2,25,26,28,30)/t14-/m0/s1. The van der Waals surface area contributed by atoms with Gasteiger partial charge in [-0.3, -0.25) is 14.9 Å². The highest BCUT2D eigenvalue weighted by Crippen LogP contribution is 2.25. The molecule has 0 bridgehead atoms. The minimum Gasteiger partial charge on any atom is -0.491 e. The molecule has 0 unspecified atom stereocenters. The lowest BCUT2D eigenvalue weighted by molar-refractivity contribution is -0.116.